The Labute approximate surface area is 122 Å². The quantitative estimate of drug-likeness (QED) is 0.866. The van der Waals surface area contributed by atoms with E-state index in [2.05, 4.69) is 5.16 Å². The van der Waals surface area contributed by atoms with E-state index >= 15 is 0 Å². The van der Waals surface area contributed by atoms with Crippen LogP contribution in [-0.2, 0) is 6.42 Å². The summed E-state index contributed by atoms with van der Waals surface area (Å²) in [7, 11) is 0. The normalized spacial score (nSPS) is 17.6. The summed E-state index contributed by atoms with van der Waals surface area (Å²) in [4.78, 5) is 14.2. The van der Waals surface area contributed by atoms with Gasteiger partial charge in [0.2, 0.25) is 0 Å². The first kappa shape index (κ1) is 13.8. The SMILES string of the molecule is CCCc1cc(C(=O)N2CCC2c2ccc(F)cc2)no1. The first-order valence-electron chi connectivity index (χ1n) is 7.21. The summed E-state index contributed by atoms with van der Waals surface area (Å²) in [5.74, 6) is 0.345. The standard InChI is InChI=1S/C16H17FN2O2/c1-2-3-13-10-14(18-21-13)16(20)19-9-8-15(19)11-4-6-12(17)7-5-11/h4-7,10,15H,2-3,8-9H2,1H3. The Kier molecular flexibility index (Phi) is 3.73. The van der Waals surface area contributed by atoms with Gasteiger partial charge in [-0.2, -0.15) is 0 Å². The zero-order chi connectivity index (χ0) is 14.8. The molecule has 1 saturated heterocycles. The van der Waals surface area contributed by atoms with Gasteiger partial charge < -0.3 is 9.42 Å². The summed E-state index contributed by atoms with van der Waals surface area (Å²) in [5.41, 5.74) is 1.30. The topological polar surface area (TPSA) is 46.3 Å². The third-order valence-corrected chi connectivity index (χ3v) is 3.81. The lowest BCUT2D eigenvalue weighted by Gasteiger charge is -2.40. The van der Waals surface area contributed by atoms with Gasteiger partial charge in [-0.15, -0.1) is 0 Å². The van der Waals surface area contributed by atoms with Gasteiger partial charge in [0.1, 0.15) is 11.6 Å². The summed E-state index contributed by atoms with van der Waals surface area (Å²) in [6.45, 7) is 2.74. The molecule has 1 atom stereocenters. The second kappa shape index (κ2) is 5.68. The van der Waals surface area contributed by atoms with E-state index in [4.69, 9.17) is 4.52 Å². The van der Waals surface area contributed by atoms with Gasteiger partial charge in [0, 0.05) is 19.0 Å². The number of rotatable bonds is 4. The second-order valence-electron chi connectivity index (χ2n) is 5.28. The Hall–Kier alpha value is -2.17. The molecule has 4 nitrogen and oxygen atoms in total. The summed E-state index contributed by atoms with van der Waals surface area (Å²) >= 11 is 0. The van der Waals surface area contributed by atoms with Crippen LogP contribution in [0.3, 0.4) is 0 Å². The number of carbonyl (C=O) groups is 1. The van der Waals surface area contributed by atoms with Crippen LogP contribution >= 0.6 is 0 Å². The van der Waals surface area contributed by atoms with Crippen molar-refractivity contribution in [3.05, 3.63) is 53.2 Å². The van der Waals surface area contributed by atoms with Crippen LogP contribution in [0.25, 0.3) is 0 Å². The molecule has 0 radical (unpaired) electrons. The Morgan fingerprint density at radius 1 is 1.43 bits per heavy atom. The van der Waals surface area contributed by atoms with Crippen LogP contribution < -0.4 is 0 Å². The lowest BCUT2D eigenvalue weighted by molar-refractivity contribution is 0.0449. The minimum atomic E-state index is -0.267. The monoisotopic (exact) mass is 288 g/mol. The highest BCUT2D eigenvalue weighted by molar-refractivity contribution is 5.93. The Balaban J connectivity index is 1.73. The molecular weight excluding hydrogens is 271 g/mol. The maximum absolute atomic E-state index is 13.0. The molecule has 1 fully saturated rings. The Morgan fingerprint density at radius 3 is 2.81 bits per heavy atom. The number of carbonyl (C=O) groups excluding carboxylic acids is 1. The van der Waals surface area contributed by atoms with E-state index < -0.39 is 0 Å². The van der Waals surface area contributed by atoms with E-state index in [-0.39, 0.29) is 17.8 Å². The third kappa shape index (κ3) is 2.68. The highest BCUT2D eigenvalue weighted by atomic mass is 19.1. The molecule has 0 spiro atoms. The minimum Gasteiger partial charge on any atom is -0.361 e. The number of likely N-dealkylation sites (tertiary alicyclic amines) is 1. The second-order valence-corrected chi connectivity index (χ2v) is 5.28. The fourth-order valence-corrected chi connectivity index (χ4v) is 2.59. The van der Waals surface area contributed by atoms with Gasteiger partial charge in [-0.05, 0) is 30.5 Å². The van der Waals surface area contributed by atoms with E-state index in [9.17, 15) is 9.18 Å². The van der Waals surface area contributed by atoms with Crippen molar-refractivity contribution in [1.29, 1.82) is 0 Å². The van der Waals surface area contributed by atoms with Gasteiger partial charge in [0.05, 0.1) is 6.04 Å². The van der Waals surface area contributed by atoms with E-state index in [0.717, 1.165) is 30.6 Å². The molecule has 2 heterocycles. The molecule has 0 aliphatic carbocycles. The van der Waals surface area contributed by atoms with Crippen LogP contribution in [-0.4, -0.2) is 22.5 Å². The van der Waals surface area contributed by atoms with Crippen molar-refractivity contribution >= 4 is 5.91 Å². The molecule has 21 heavy (non-hydrogen) atoms. The van der Waals surface area contributed by atoms with Crippen molar-refractivity contribution < 1.29 is 13.7 Å². The molecule has 1 aromatic carbocycles. The van der Waals surface area contributed by atoms with Crippen LogP contribution in [0.15, 0.2) is 34.9 Å². The zero-order valence-electron chi connectivity index (χ0n) is 11.9. The van der Waals surface area contributed by atoms with Crippen molar-refractivity contribution in [3.63, 3.8) is 0 Å². The third-order valence-electron chi connectivity index (χ3n) is 3.81. The van der Waals surface area contributed by atoms with Crippen LogP contribution in [0.5, 0.6) is 0 Å². The summed E-state index contributed by atoms with van der Waals surface area (Å²) in [5, 5.41) is 3.85. The van der Waals surface area contributed by atoms with Crippen LogP contribution in [0.4, 0.5) is 4.39 Å². The molecule has 3 rings (SSSR count). The molecule has 1 aliphatic rings. The van der Waals surface area contributed by atoms with Crippen molar-refractivity contribution in [2.75, 3.05) is 6.54 Å². The highest BCUT2D eigenvalue weighted by Gasteiger charge is 2.35. The van der Waals surface area contributed by atoms with Gasteiger partial charge in [-0.25, -0.2) is 4.39 Å². The van der Waals surface area contributed by atoms with E-state index in [1.807, 2.05) is 6.92 Å². The van der Waals surface area contributed by atoms with Gasteiger partial charge in [-0.1, -0.05) is 24.2 Å². The number of halogens is 1. The molecule has 1 unspecified atom stereocenters. The van der Waals surface area contributed by atoms with Crippen LogP contribution in [0.1, 0.15) is 47.6 Å². The molecule has 2 aromatic rings. The fraction of sp³-hybridized carbons (Fsp3) is 0.375. The van der Waals surface area contributed by atoms with Crippen LogP contribution in [0, 0.1) is 5.82 Å². The number of aromatic nitrogens is 1. The van der Waals surface area contributed by atoms with Crippen LogP contribution in [0.2, 0.25) is 0 Å². The number of aryl methyl sites for hydroxylation is 1. The largest absolute Gasteiger partial charge is 0.361 e. The van der Waals surface area contributed by atoms with Crippen molar-refractivity contribution in [3.8, 4) is 0 Å². The first-order valence-corrected chi connectivity index (χ1v) is 7.21. The Morgan fingerprint density at radius 2 is 2.19 bits per heavy atom. The molecule has 1 aromatic heterocycles. The maximum atomic E-state index is 13.0. The van der Waals surface area contributed by atoms with Crippen molar-refractivity contribution in [2.45, 2.75) is 32.2 Å². The molecular formula is C16H17FN2O2. The lowest BCUT2D eigenvalue weighted by atomic mass is 9.94. The highest BCUT2D eigenvalue weighted by Crippen LogP contribution is 2.34. The Bertz CT molecular complexity index is 636. The van der Waals surface area contributed by atoms with E-state index in [0.29, 0.717) is 12.2 Å². The van der Waals surface area contributed by atoms with Gasteiger partial charge in [0.25, 0.3) is 5.91 Å². The summed E-state index contributed by atoms with van der Waals surface area (Å²) < 4.78 is 18.1. The van der Waals surface area contributed by atoms with Gasteiger partial charge in [0.15, 0.2) is 5.69 Å². The smallest absolute Gasteiger partial charge is 0.276 e. The molecule has 1 amide bonds. The fourth-order valence-electron chi connectivity index (χ4n) is 2.59. The van der Waals surface area contributed by atoms with Crippen molar-refractivity contribution in [2.24, 2.45) is 0 Å². The number of hydrogen-bond acceptors (Lipinski definition) is 3. The maximum Gasteiger partial charge on any atom is 0.276 e. The molecule has 0 saturated carbocycles. The molecule has 0 bridgehead atoms. The number of hydrogen-bond donors (Lipinski definition) is 0. The minimum absolute atomic E-state index is 0.00410. The summed E-state index contributed by atoms with van der Waals surface area (Å²) in [6.07, 6.45) is 2.61. The lowest BCUT2D eigenvalue weighted by Crippen LogP contribution is -2.45. The van der Waals surface area contributed by atoms with Gasteiger partial charge in [-0.3, -0.25) is 4.79 Å². The average molecular weight is 288 g/mol. The molecule has 0 N–H and O–H groups in total. The van der Waals surface area contributed by atoms with E-state index in [1.165, 1.54) is 12.1 Å². The zero-order valence-corrected chi connectivity index (χ0v) is 11.9. The van der Waals surface area contributed by atoms with Crippen molar-refractivity contribution in [1.82, 2.24) is 10.1 Å². The predicted molar refractivity (Wildman–Crippen MR) is 75.3 cm³/mol. The average Bonchev–Trinajstić information content (AvgIpc) is 2.89. The molecule has 5 heteroatoms. The predicted octanol–water partition coefficient (Wildman–Crippen LogP) is 3.35. The number of benzene rings is 1. The van der Waals surface area contributed by atoms with E-state index in [1.54, 1.807) is 23.1 Å². The molecule has 110 valence electrons. The summed E-state index contributed by atoms with van der Waals surface area (Å²) in [6, 6.07) is 8.02. The van der Waals surface area contributed by atoms with Gasteiger partial charge >= 0.3 is 0 Å². The first-order chi connectivity index (χ1) is 10.2. The number of amides is 1. The molecule has 1 aliphatic heterocycles. The number of nitrogens with zero attached hydrogens (tertiary/aromatic N) is 2.